The third-order valence-electron chi connectivity index (χ3n) is 5.73. The lowest BCUT2D eigenvalue weighted by atomic mass is 10.0. The van der Waals surface area contributed by atoms with Crippen LogP contribution in [-0.2, 0) is 17.8 Å². The second kappa shape index (κ2) is 9.22. The average Bonchev–Trinajstić information content (AvgIpc) is 3.06. The molecule has 1 amide bonds. The normalized spacial score (nSPS) is 11.2. The van der Waals surface area contributed by atoms with Crippen molar-refractivity contribution in [3.63, 3.8) is 0 Å². The molecule has 5 nitrogen and oxygen atoms in total. The molecule has 3 aromatic carbocycles. The first-order chi connectivity index (χ1) is 15.5. The summed E-state index contributed by atoms with van der Waals surface area (Å²) >= 11 is 0. The number of nitrogens with zero attached hydrogens (tertiary/aromatic N) is 1. The van der Waals surface area contributed by atoms with Crippen LogP contribution in [-0.4, -0.2) is 28.1 Å². The van der Waals surface area contributed by atoms with Gasteiger partial charge in [0.1, 0.15) is 11.5 Å². The van der Waals surface area contributed by atoms with Gasteiger partial charge in [0.15, 0.2) is 0 Å². The molecule has 0 saturated carbocycles. The number of hydrogen-bond donors (Lipinski definition) is 2. The van der Waals surface area contributed by atoms with Crippen molar-refractivity contribution in [2.75, 3.05) is 6.54 Å². The minimum Gasteiger partial charge on any atom is -0.477 e. The van der Waals surface area contributed by atoms with Gasteiger partial charge >= 0.3 is 5.97 Å². The Morgan fingerprint density at radius 1 is 1.03 bits per heavy atom. The second-order valence-corrected chi connectivity index (χ2v) is 7.90. The smallest absolute Gasteiger partial charge is 0.352 e. The number of carbonyl (C=O) groups excluding carboxylic acids is 1. The largest absolute Gasteiger partial charge is 0.477 e. The lowest BCUT2D eigenvalue weighted by Crippen LogP contribution is -2.26. The van der Waals surface area contributed by atoms with Gasteiger partial charge in [-0.1, -0.05) is 55.8 Å². The number of halogens is 1. The van der Waals surface area contributed by atoms with Crippen LogP contribution < -0.4 is 5.32 Å². The zero-order valence-electron chi connectivity index (χ0n) is 17.9. The standard InChI is InChI=1S/C26H25FN2O3/c1-2-3-13-28-24(30)15-22-21-14-19(27)11-12-23(21)29(25(22)26(31)32)16-18-9-6-8-17-7-4-5-10-20(17)18/h4-12,14H,2-3,13,15-16H2,1H3,(H,28,30)(H,31,32). The van der Waals surface area contributed by atoms with Gasteiger partial charge in [0.2, 0.25) is 5.91 Å². The minimum atomic E-state index is -1.14. The highest BCUT2D eigenvalue weighted by Gasteiger charge is 2.25. The summed E-state index contributed by atoms with van der Waals surface area (Å²) in [4.78, 5) is 24.9. The maximum atomic E-state index is 14.1. The lowest BCUT2D eigenvalue weighted by molar-refractivity contribution is -0.120. The molecule has 0 saturated heterocycles. The van der Waals surface area contributed by atoms with E-state index >= 15 is 0 Å². The fourth-order valence-corrected chi connectivity index (χ4v) is 4.21. The van der Waals surface area contributed by atoms with Crippen molar-refractivity contribution >= 4 is 33.6 Å². The average molecular weight is 432 g/mol. The molecule has 1 aromatic heterocycles. The van der Waals surface area contributed by atoms with Crippen molar-refractivity contribution < 1.29 is 19.1 Å². The van der Waals surface area contributed by atoms with Crippen molar-refractivity contribution in [2.24, 2.45) is 0 Å². The van der Waals surface area contributed by atoms with Crippen LogP contribution in [0.5, 0.6) is 0 Å². The van der Waals surface area contributed by atoms with Gasteiger partial charge in [0.25, 0.3) is 0 Å². The van der Waals surface area contributed by atoms with Crippen LogP contribution in [0.3, 0.4) is 0 Å². The van der Waals surface area contributed by atoms with E-state index in [0.717, 1.165) is 29.2 Å². The van der Waals surface area contributed by atoms with Gasteiger partial charge in [0, 0.05) is 29.6 Å². The van der Waals surface area contributed by atoms with Crippen LogP contribution in [0.15, 0.2) is 60.7 Å². The van der Waals surface area contributed by atoms with E-state index in [1.54, 1.807) is 10.6 Å². The molecular weight excluding hydrogens is 407 g/mol. The fourth-order valence-electron chi connectivity index (χ4n) is 4.21. The molecule has 164 valence electrons. The molecule has 0 radical (unpaired) electrons. The molecule has 2 N–H and O–H groups in total. The van der Waals surface area contributed by atoms with Crippen molar-refractivity contribution in [2.45, 2.75) is 32.7 Å². The third kappa shape index (κ3) is 4.21. The number of rotatable bonds is 8. The topological polar surface area (TPSA) is 71.3 Å². The van der Waals surface area contributed by atoms with Gasteiger partial charge in [-0.3, -0.25) is 4.79 Å². The van der Waals surface area contributed by atoms with E-state index in [1.165, 1.54) is 12.1 Å². The molecule has 32 heavy (non-hydrogen) atoms. The summed E-state index contributed by atoms with van der Waals surface area (Å²) in [7, 11) is 0. The number of hydrogen-bond acceptors (Lipinski definition) is 2. The van der Waals surface area contributed by atoms with E-state index in [1.807, 2.05) is 49.4 Å². The number of carbonyl (C=O) groups is 2. The van der Waals surface area contributed by atoms with Crippen LogP contribution in [0.4, 0.5) is 4.39 Å². The SMILES string of the molecule is CCCCNC(=O)Cc1c(C(=O)O)n(Cc2cccc3ccccc23)c2ccc(F)cc12. The minimum absolute atomic E-state index is 0.0178. The van der Waals surface area contributed by atoms with Crippen LogP contribution in [0.25, 0.3) is 21.7 Å². The predicted octanol–water partition coefficient (Wildman–Crippen LogP) is 5.14. The number of aromatic nitrogens is 1. The Bertz CT molecular complexity index is 1300. The maximum Gasteiger partial charge on any atom is 0.352 e. The van der Waals surface area contributed by atoms with Crippen molar-refractivity contribution in [3.05, 3.63) is 83.3 Å². The summed E-state index contributed by atoms with van der Waals surface area (Å²) in [5, 5.41) is 15.4. The van der Waals surface area contributed by atoms with E-state index in [-0.39, 0.29) is 18.0 Å². The number of nitrogens with one attached hydrogen (secondary N) is 1. The Balaban J connectivity index is 1.84. The first-order valence-electron chi connectivity index (χ1n) is 10.8. The molecule has 0 aliphatic carbocycles. The zero-order valence-corrected chi connectivity index (χ0v) is 17.9. The highest BCUT2D eigenvalue weighted by atomic mass is 19.1. The molecule has 0 aliphatic heterocycles. The van der Waals surface area contributed by atoms with Crippen molar-refractivity contribution in [1.29, 1.82) is 0 Å². The monoisotopic (exact) mass is 432 g/mol. The molecule has 4 rings (SSSR count). The molecular formula is C26H25FN2O3. The molecule has 0 spiro atoms. The molecule has 1 heterocycles. The fraction of sp³-hybridized carbons (Fsp3) is 0.231. The highest BCUT2D eigenvalue weighted by molar-refractivity contribution is 6.01. The third-order valence-corrected chi connectivity index (χ3v) is 5.73. The lowest BCUT2D eigenvalue weighted by Gasteiger charge is -2.12. The Hall–Kier alpha value is -3.67. The highest BCUT2D eigenvalue weighted by Crippen LogP contribution is 2.30. The van der Waals surface area contributed by atoms with E-state index in [2.05, 4.69) is 5.32 Å². The summed E-state index contributed by atoms with van der Waals surface area (Å²) in [6.07, 6.45) is 1.67. The quantitative estimate of drug-likeness (QED) is 0.379. The summed E-state index contributed by atoms with van der Waals surface area (Å²) in [6, 6.07) is 18.0. The number of aromatic carboxylic acids is 1. The number of benzene rings is 3. The Morgan fingerprint density at radius 3 is 2.59 bits per heavy atom. The van der Waals surface area contributed by atoms with Crippen LogP contribution in [0.1, 0.15) is 41.4 Å². The molecule has 0 unspecified atom stereocenters. The molecule has 6 heteroatoms. The summed E-state index contributed by atoms with van der Waals surface area (Å²) in [6.45, 7) is 2.85. The van der Waals surface area contributed by atoms with Gasteiger partial charge < -0.3 is 15.0 Å². The zero-order chi connectivity index (χ0) is 22.7. The van der Waals surface area contributed by atoms with Gasteiger partial charge in [-0.05, 0) is 41.0 Å². The molecule has 0 atom stereocenters. The first kappa shape index (κ1) is 21.6. The van der Waals surface area contributed by atoms with Crippen molar-refractivity contribution in [3.8, 4) is 0 Å². The van der Waals surface area contributed by atoms with Gasteiger partial charge in [-0.25, -0.2) is 9.18 Å². The maximum absolute atomic E-state index is 14.1. The van der Waals surface area contributed by atoms with E-state index in [0.29, 0.717) is 29.6 Å². The van der Waals surface area contributed by atoms with Gasteiger partial charge in [-0.15, -0.1) is 0 Å². The molecule has 4 aromatic rings. The van der Waals surface area contributed by atoms with E-state index < -0.39 is 11.8 Å². The second-order valence-electron chi connectivity index (χ2n) is 7.90. The van der Waals surface area contributed by atoms with Crippen molar-refractivity contribution in [1.82, 2.24) is 9.88 Å². The van der Waals surface area contributed by atoms with Gasteiger partial charge in [0.05, 0.1) is 6.42 Å². The number of unbranched alkanes of at least 4 members (excludes halogenated alkanes) is 1. The number of carboxylic acids is 1. The summed E-state index contributed by atoms with van der Waals surface area (Å²) in [5.41, 5.74) is 1.89. The first-order valence-corrected chi connectivity index (χ1v) is 10.8. The number of amides is 1. The molecule has 0 aliphatic rings. The Morgan fingerprint density at radius 2 is 1.81 bits per heavy atom. The number of fused-ring (bicyclic) bond motifs is 2. The summed E-state index contributed by atoms with van der Waals surface area (Å²) in [5.74, 6) is -1.88. The molecule has 0 fully saturated rings. The van der Waals surface area contributed by atoms with Crippen LogP contribution >= 0.6 is 0 Å². The predicted molar refractivity (Wildman–Crippen MR) is 124 cm³/mol. The Kier molecular flexibility index (Phi) is 6.21. The summed E-state index contributed by atoms with van der Waals surface area (Å²) < 4.78 is 15.8. The van der Waals surface area contributed by atoms with E-state index in [9.17, 15) is 19.1 Å². The number of carboxylic acid groups (broad SMARTS) is 1. The Labute approximate surface area is 185 Å². The van der Waals surface area contributed by atoms with E-state index in [4.69, 9.17) is 0 Å². The molecule has 0 bridgehead atoms. The van der Waals surface area contributed by atoms with Crippen LogP contribution in [0, 0.1) is 5.82 Å². The van der Waals surface area contributed by atoms with Gasteiger partial charge in [-0.2, -0.15) is 0 Å². The van der Waals surface area contributed by atoms with Crippen LogP contribution in [0.2, 0.25) is 0 Å².